The second-order valence-electron chi connectivity index (χ2n) is 4.05. The molecule has 0 amide bonds. The minimum absolute atomic E-state index is 0.121. The number of ether oxygens (including phenoxy) is 1. The van der Waals surface area contributed by atoms with Crippen molar-refractivity contribution in [2.75, 3.05) is 5.73 Å². The van der Waals surface area contributed by atoms with Crippen molar-refractivity contribution in [2.24, 2.45) is 0 Å². The van der Waals surface area contributed by atoms with Crippen LogP contribution in [0.3, 0.4) is 0 Å². The van der Waals surface area contributed by atoms with Gasteiger partial charge in [-0.1, -0.05) is 17.7 Å². The molecule has 0 bridgehead atoms. The monoisotopic (exact) mass is 267 g/mol. The van der Waals surface area contributed by atoms with Gasteiger partial charge in [-0.05, 0) is 43.2 Å². The van der Waals surface area contributed by atoms with Gasteiger partial charge in [-0.3, -0.25) is 0 Å². The lowest BCUT2D eigenvalue weighted by molar-refractivity contribution is 0.242. The van der Waals surface area contributed by atoms with E-state index in [0.29, 0.717) is 10.8 Å². The Morgan fingerprint density at radius 1 is 1.24 bits per heavy atom. The summed E-state index contributed by atoms with van der Waals surface area (Å²) < 4.78 is 5.59. The molecule has 1 aromatic heterocycles. The number of halogens is 1. The van der Waals surface area contributed by atoms with Gasteiger partial charge in [-0.25, -0.2) is 0 Å². The van der Waals surface area contributed by atoms with Crippen LogP contribution >= 0.6 is 22.9 Å². The van der Waals surface area contributed by atoms with Gasteiger partial charge in [0.2, 0.25) is 0 Å². The van der Waals surface area contributed by atoms with E-state index in [1.807, 2.05) is 43.5 Å². The Morgan fingerprint density at radius 3 is 2.53 bits per heavy atom. The molecule has 1 heterocycles. The van der Waals surface area contributed by atoms with E-state index in [-0.39, 0.29) is 6.10 Å². The van der Waals surface area contributed by atoms with Crippen molar-refractivity contribution in [3.8, 4) is 16.9 Å². The average molecular weight is 268 g/mol. The third-order valence-electron chi connectivity index (χ3n) is 2.25. The molecule has 0 aliphatic carbocycles. The summed E-state index contributed by atoms with van der Waals surface area (Å²) in [6.07, 6.45) is 0.121. The van der Waals surface area contributed by atoms with E-state index < -0.39 is 0 Å². The first kappa shape index (κ1) is 12.3. The number of anilines is 1. The molecule has 0 saturated carbocycles. The minimum atomic E-state index is 0.121. The lowest BCUT2D eigenvalue weighted by Crippen LogP contribution is -2.05. The maximum atomic E-state index is 6.18. The van der Waals surface area contributed by atoms with Gasteiger partial charge in [0.05, 0.1) is 16.1 Å². The van der Waals surface area contributed by atoms with Crippen LogP contribution in [0, 0.1) is 0 Å². The number of benzene rings is 1. The van der Waals surface area contributed by atoms with Gasteiger partial charge < -0.3 is 10.5 Å². The number of nitrogens with two attached hydrogens (primary N) is 1. The first-order valence-corrected chi connectivity index (χ1v) is 6.62. The van der Waals surface area contributed by atoms with Crippen molar-refractivity contribution in [1.29, 1.82) is 0 Å². The summed E-state index contributed by atoms with van der Waals surface area (Å²) in [4.78, 5) is 0. The third kappa shape index (κ3) is 2.93. The highest BCUT2D eigenvalue weighted by Gasteiger charge is 2.07. The van der Waals surface area contributed by atoms with Crippen LogP contribution in [0.4, 0.5) is 5.00 Å². The minimum Gasteiger partial charge on any atom is -0.489 e. The first-order valence-electron chi connectivity index (χ1n) is 5.37. The predicted octanol–water partition coefficient (Wildman–Crippen LogP) is 4.44. The van der Waals surface area contributed by atoms with Gasteiger partial charge in [0, 0.05) is 5.38 Å². The molecule has 0 aliphatic heterocycles. The highest BCUT2D eigenvalue weighted by molar-refractivity contribution is 7.14. The summed E-state index contributed by atoms with van der Waals surface area (Å²) >= 11 is 7.70. The second-order valence-corrected chi connectivity index (χ2v) is 5.40. The Labute approximate surface area is 110 Å². The molecule has 2 rings (SSSR count). The molecular formula is C13H14ClNOS. The van der Waals surface area contributed by atoms with Crippen LogP contribution in [0.2, 0.25) is 5.02 Å². The second kappa shape index (κ2) is 4.98. The molecule has 0 unspecified atom stereocenters. The van der Waals surface area contributed by atoms with Crippen LogP contribution in [-0.4, -0.2) is 6.10 Å². The summed E-state index contributed by atoms with van der Waals surface area (Å²) in [5.74, 6) is 0.716. The van der Waals surface area contributed by atoms with Crippen LogP contribution < -0.4 is 10.5 Å². The quantitative estimate of drug-likeness (QED) is 0.892. The lowest BCUT2D eigenvalue weighted by atomic mass is 10.1. The van der Waals surface area contributed by atoms with Crippen LogP contribution in [0.5, 0.6) is 5.75 Å². The molecule has 0 aliphatic rings. The van der Waals surface area contributed by atoms with Crippen LogP contribution in [-0.2, 0) is 0 Å². The summed E-state index contributed by atoms with van der Waals surface area (Å²) in [5, 5.41) is 3.45. The van der Waals surface area contributed by atoms with Crippen molar-refractivity contribution in [2.45, 2.75) is 20.0 Å². The molecule has 0 fully saturated rings. The van der Waals surface area contributed by atoms with Crippen molar-refractivity contribution in [1.82, 2.24) is 0 Å². The normalized spacial score (nSPS) is 10.8. The van der Waals surface area contributed by atoms with Crippen molar-refractivity contribution in [3.05, 3.63) is 34.7 Å². The topological polar surface area (TPSA) is 35.2 Å². The molecule has 2 nitrogen and oxygen atoms in total. The fourth-order valence-electron chi connectivity index (χ4n) is 1.53. The molecule has 2 N–H and O–H groups in total. The van der Waals surface area contributed by atoms with E-state index >= 15 is 0 Å². The van der Waals surface area contributed by atoms with Gasteiger partial charge in [0.15, 0.2) is 0 Å². The molecule has 90 valence electrons. The fourth-order valence-corrected chi connectivity index (χ4v) is 2.42. The van der Waals surface area contributed by atoms with E-state index in [1.165, 1.54) is 11.3 Å². The maximum Gasteiger partial charge on any atom is 0.138 e. The molecule has 4 heteroatoms. The SMILES string of the molecule is CC(C)Oc1ccc(-c2csc(N)c2)cc1Cl. The van der Waals surface area contributed by atoms with Crippen molar-refractivity contribution >= 4 is 27.9 Å². The molecular weight excluding hydrogens is 254 g/mol. The van der Waals surface area contributed by atoms with Crippen LogP contribution in [0.25, 0.3) is 11.1 Å². The largest absolute Gasteiger partial charge is 0.489 e. The van der Waals surface area contributed by atoms with Gasteiger partial charge in [0.1, 0.15) is 5.75 Å². The van der Waals surface area contributed by atoms with E-state index in [0.717, 1.165) is 16.1 Å². The number of nitrogen functional groups attached to an aromatic ring is 1. The first-order chi connectivity index (χ1) is 8.06. The Bertz CT molecular complexity index is 522. The Kier molecular flexibility index (Phi) is 3.60. The Morgan fingerprint density at radius 2 is 2.00 bits per heavy atom. The van der Waals surface area contributed by atoms with E-state index in [4.69, 9.17) is 22.1 Å². The zero-order valence-electron chi connectivity index (χ0n) is 9.74. The van der Waals surface area contributed by atoms with Crippen molar-refractivity contribution in [3.63, 3.8) is 0 Å². The van der Waals surface area contributed by atoms with Gasteiger partial charge in [-0.15, -0.1) is 11.3 Å². The Hall–Kier alpha value is -1.19. The number of hydrogen-bond donors (Lipinski definition) is 1. The standard InChI is InChI=1S/C13H14ClNOS/c1-8(2)16-12-4-3-9(5-11(12)14)10-6-13(15)17-7-10/h3-8H,15H2,1-2H3. The smallest absolute Gasteiger partial charge is 0.138 e. The number of thiophene rings is 1. The zero-order chi connectivity index (χ0) is 12.4. The van der Waals surface area contributed by atoms with Crippen LogP contribution in [0.1, 0.15) is 13.8 Å². The number of rotatable bonds is 3. The summed E-state index contributed by atoms with van der Waals surface area (Å²) in [7, 11) is 0. The van der Waals surface area contributed by atoms with E-state index in [1.54, 1.807) is 0 Å². The Balaban J connectivity index is 2.30. The molecule has 0 atom stereocenters. The molecule has 0 spiro atoms. The fraction of sp³-hybridized carbons (Fsp3) is 0.231. The highest BCUT2D eigenvalue weighted by atomic mass is 35.5. The van der Waals surface area contributed by atoms with E-state index in [9.17, 15) is 0 Å². The molecule has 0 saturated heterocycles. The molecule has 2 aromatic rings. The summed E-state index contributed by atoms with van der Waals surface area (Å²) in [6, 6.07) is 7.73. The van der Waals surface area contributed by atoms with Gasteiger partial charge in [0.25, 0.3) is 0 Å². The van der Waals surface area contributed by atoms with Gasteiger partial charge >= 0.3 is 0 Å². The van der Waals surface area contributed by atoms with Crippen LogP contribution in [0.15, 0.2) is 29.6 Å². The predicted molar refractivity (Wildman–Crippen MR) is 74.9 cm³/mol. The highest BCUT2D eigenvalue weighted by Crippen LogP contribution is 2.33. The average Bonchev–Trinajstić information content (AvgIpc) is 2.67. The number of hydrogen-bond acceptors (Lipinski definition) is 3. The van der Waals surface area contributed by atoms with Crippen molar-refractivity contribution < 1.29 is 4.74 Å². The van der Waals surface area contributed by atoms with Gasteiger partial charge in [-0.2, -0.15) is 0 Å². The molecule has 1 aromatic carbocycles. The lowest BCUT2D eigenvalue weighted by Gasteiger charge is -2.11. The molecule has 0 radical (unpaired) electrons. The summed E-state index contributed by atoms with van der Waals surface area (Å²) in [5.41, 5.74) is 7.85. The molecule has 17 heavy (non-hydrogen) atoms. The summed E-state index contributed by atoms with van der Waals surface area (Å²) in [6.45, 7) is 3.95. The zero-order valence-corrected chi connectivity index (χ0v) is 11.3. The third-order valence-corrected chi connectivity index (χ3v) is 3.30. The maximum absolute atomic E-state index is 6.18. The van der Waals surface area contributed by atoms with E-state index in [2.05, 4.69) is 0 Å².